The molecular weight excluding hydrogens is 354 g/mol. The molecule has 0 saturated carbocycles. The normalized spacial score (nSPS) is 12.3. The van der Waals surface area contributed by atoms with Gasteiger partial charge in [-0.2, -0.15) is 0 Å². The van der Waals surface area contributed by atoms with Gasteiger partial charge in [0.2, 0.25) is 5.91 Å². The quantitative estimate of drug-likeness (QED) is 0.658. The molecule has 0 saturated heterocycles. The molecule has 0 radical (unpaired) electrons. The van der Waals surface area contributed by atoms with Crippen LogP contribution in [0.4, 0.5) is 0 Å². The van der Waals surface area contributed by atoms with Gasteiger partial charge in [-0.05, 0) is 24.3 Å². The predicted octanol–water partition coefficient (Wildman–Crippen LogP) is 4.13. The molecule has 0 bridgehead atoms. The maximum atomic E-state index is 13.0. The Balaban J connectivity index is 1.45. The molecule has 1 aliphatic rings. The fourth-order valence-corrected chi connectivity index (χ4v) is 3.37. The highest BCUT2D eigenvalue weighted by molar-refractivity contribution is 5.89. The van der Waals surface area contributed by atoms with Crippen LogP contribution in [0.1, 0.15) is 17.0 Å². The highest BCUT2D eigenvalue weighted by atomic mass is 16.5. The largest absolute Gasteiger partial charge is 0.493 e. The molecule has 28 heavy (non-hydrogen) atoms. The van der Waals surface area contributed by atoms with Gasteiger partial charge in [-0.3, -0.25) is 4.79 Å². The average Bonchev–Trinajstić information content (AvgIpc) is 2.75. The first-order valence-electron chi connectivity index (χ1n) is 9.17. The third kappa shape index (κ3) is 3.51. The van der Waals surface area contributed by atoms with Crippen LogP contribution in [0.2, 0.25) is 0 Å². The molecule has 0 atom stereocenters. The smallest absolute Gasteiger partial charge is 0.232 e. The molecule has 1 N–H and O–H groups in total. The molecule has 1 amide bonds. The third-order valence-corrected chi connectivity index (χ3v) is 4.67. The number of hydrogen-bond acceptors (Lipinski definition) is 4. The number of hydrogen-bond donors (Lipinski definition) is 1. The van der Waals surface area contributed by atoms with Crippen molar-refractivity contribution in [2.75, 3.05) is 20.3 Å². The lowest BCUT2D eigenvalue weighted by Gasteiger charge is -2.27. The molecule has 0 aromatic heterocycles. The first-order valence-corrected chi connectivity index (χ1v) is 9.17. The van der Waals surface area contributed by atoms with E-state index in [1.807, 2.05) is 72.8 Å². The van der Waals surface area contributed by atoms with E-state index in [0.29, 0.717) is 36.1 Å². The average molecular weight is 375 g/mol. The number of rotatable bonds is 6. The second-order valence-electron chi connectivity index (χ2n) is 6.40. The van der Waals surface area contributed by atoms with Gasteiger partial charge in [-0.15, -0.1) is 0 Å². The van der Waals surface area contributed by atoms with Crippen LogP contribution < -0.4 is 19.5 Å². The third-order valence-electron chi connectivity index (χ3n) is 4.67. The summed E-state index contributed by atoms with van der Waals surface area (Å²) in [5, 5.41) is 2.98. The first-order chi connectivity index (χ1) is 13.8. The molecular formula is C23H21NO4. The van der Waals surface area contributed by atoms with Crippen molar-refractivity contribution in [3.05, 3.63) is 83.9 Å². The Morgan fingerprint density at radius 3 is 2.11 bits per heavy atom. The Hall–Kier alpha value is -3.47. The van der Waals surface area contributed by atoms with Crippen LogP contribution in [0.15, 0.2) is 72.8 Å². The lowest BCUT2D eigenvalue weighted by atomic mass is 9.87. The lowest BCUT2D eigenvalue weighted by molar-refractivity contribution is -0.121. The number of amides is 1. The van der Waals surface area contributed by atoms with Crippen LogP contribution in [0.25, 0.3) is 0 Å². The van der Waals surface area contributed by atoms with E-state index >= 15 is 0 Å². The van der Waals surface area contributed by atoms with E-state index in [4.69, 9.17) is 14.2 Å². The summed E-state index contributed by atoms with van der Waals surface area (Å²) in [6.07, 6.45) is 0. The highest BCUT2D eigenvalue weighted by Crippen LogP contribution is 2.43. The zero-order valence-electron chi connectivity index (χ0n) is 15.6. The minimum atomic E-state index is -0.410. The number of nitrogens with one attached hydrogen (secondary N) is 1. The summed E-state index contributed by atoms with van der Waals surface area (Å²) in [5.41, 5.74) is 1.73. The fraction of sp³-hybridized carbons (Fsp3) is 0.174. The number of fused-ring (bicyclic) bond motifs is 2. The van der Waals surface area contributed by atoms with Gasteiger partial charge in [-0.1, -0.05) is 48.5 Å². The Bertz CT molecular complexity index is 940. The van der Waals surface area contributed by atoms with Gasteiger partial charge in [0.25, 0.3) is 0 Å². The Kier molecular flexibility index (Phi) is 5.15. The topological polar surface area (TPSA) is 56.8 Å². The second kappa shape index (κ2) is 8.05. The van der Waals surface area contributed by atoms with Crippen molar-refractivity contribution in [3.63, 3.8) is 0 Å². The predicted molar refractivity (Wildman–Crippen MR) is 106 cm³/mol. The number of carbonyl (C=O) groups excluding carboxylic acids is 1. The Morgan fingerprint density at radius 2 is 1.46 bits per heavy atom. The molecule has 3 aromatic rings. The molecule has 0 unspecified atom stereocenters. The zero-order valence-corrected chi connectivity index (χ0v) is 15.6. The molecule has 4 rings (SSSR count). The molecule has 5 heteroatoms. The second-order valence-corrected chi connectivity index (χ2v) is 6.40. The monoisotopic (exact) mass is 375 g/mol. The van der Waals surface area contributed by atoms with Crippen molar-refractivity contribution in [3.8, 4) is 23.0 Å². The van der Waals surface area contributed by atoms with Gasteiger partial charge < -0.3 is 19.5 Å². The van der Waals surface area contributed by atoms with Crippen LogP contribution in [-0.4, -0.2) is 26.2 Å². The van der Waals surface area contributed by atoms with Crippen LogP contribution >= 0.6 is 0 Å². The molecule has 5 nitrogen and oxygen atoms in total. The zero-order chi connectivity index (χ0) is 19.3. The highest BCUT2D eigenvalue weighted by Gasteiger charge is 2.32. The first kappa shape index (κ1) is 17.9. The number of benzene rings is 3. The van der Waals surface area contributed by atoms with Crippen molar-refractivity contribution in [2.24, 2.45) is 0 Å². The lowest BCUT2D eigenvalue weighted by Crippen LogP contribution is -2.34. The molecule has 0 aliphatic carbocycles. The minimum absolute atomic E-state index is 0.0770. The summed E-state index contributed by atoms with van der Waals surface area (Å²) < 4.78 is 17.0. The molecule has 1 aliphatic heterocycles. The number of carbonyl (C=O) groups is 1. The van der Waals surface area contributed by atoms with Crippen molar-refractivity contribution < 1.29 is 19.0 Å². The van der Waals surface area contributed by atoms with E-state index in [9.17, 15) is 4.79 Å². The maximum absolute atomic E-state index is 13.0. The van der Waals surface area contributed by atoms with Crippen molar-refractivity contribution in [1.82, 2.24) is 5.32 Å². The van der Waals surface area contributed by atoms with E-state index < -0.39 is 5.92 Å². The van der Waals surface area contributed by atoms with Gasteiger partial charge in [0, 0.05) is 11.1 Å². The van der Waals surface area contributed by atoms with Gasteiger partial charge >= 0.3 is 0 Å². The summed E-state index contributed by atoms with van der Waals surface area (Å²) in [6.45, 7) is 0.733. The fourth-order valence-electron chi connectivity index (χ4n) is 3.37. The standard InChI is InChI=1S/C23H21NO4/c1-26-20-12-6-7-13-21(20)27-15-14-24-23(25)22-16-8-2-4-10-18(16)28-19-11-5-3-9-17(19)22/h2-13,22H,14-15H2,1H3,(H,24,25). The summed E-state index contributed by atoms with van der Waals surface area (Å²) in [6, 6.07) is 22.7. The summed E-state index contributed by atoms with van der Waals surface area (Å²) in [7, 11) is 1.60. The van der Waals surface area contributed by atoms with E-state index in [0.717, 1.165) is 11.1 Å². The van der Waals surface area contributed by atoms with E-state index in [1.165, 1.54) is 0 Å². The number of methoxy groups -OCH3 is 1. The maximum Gasteiger partial charge on any atom is 0.232 e. The van der Waals surface area contributed by atoms with E-state index in [2.05, 4.69) is 5.32 Å². The molecule has 0 fully saturated rings. The van der Waals surface area contributed by atoms with Crippen molar-refractivity contribution >= 4 is 5.91 Å². The number of para-hydroxylation sites is 4. The minimum Gasteiger partial charge on any atom is -0.493 e. The van der Waals surface area contributed by atoms with E-state index in [-0.39, 0.29) is 5.91 Å². The van der Waals surface area contributed by atoms with Gasteiger partial charge in [0.15, 0.2) is 11.5 Å². The number of ether oxygens (including phenoxy) is 3. The van der Waals surface area contributed by atoms with Gasteiger partial charge in [0.05, 0.1) is 19.6 Å². The Morgan fingerprint density at radius 1 is 0.893 bits per heavy atom. The van der Waals surface area contributed by atoms with Crippen LogP contribution in [0, 0.1) is 0 Å². The van der Waals surface area contributed by atoms with Crippen LogP contribution in [0.5, 0.6) is 23.0 Å². The Labute approximate surface area is 163 Å². The molecule has 142 valence electrons. The van der Waals surface area contributed by atoms with Crippen molar-refractivity contribution in [1.29, 1.82) is 0 Å². The van der Waals surface area contributed by atoms with Gasteiger partial charge in [-0.25, -0.2) is 0 Å². The van der Waals surface area contributed by atoms with Crippen LogP contribution in [0.3, 0.4) is 0 Å². The van der Waals surface area contributed by atoms with Crippen LogP contribution in [-0.2, 0) is 4.79 Å². The SMILES string of the molecule is COc1ccccc1OCCNC(=O)C1c2ccccc2Oc2ccccc21. The summed E-state index contributed by atoms with van der Waals surface area (Å²) >= 11 is 0. The van der Waals surface area contributed by atoms with E-state index in [1.54, 1.807) is 7.11 Å². The van der Waals surface area contributed by atoms with Crippen molar-refractivity contribution in [2.45, 2.75) is 5.92 Å². The molecule has 0 spiro atoms. The molecule has 3 aromatic carbocycles. The van der Waals surface area contributed by atoms with Gasteiger partial charge in [0.1, 0.15) is 18.1 Å². The molecule has 1 heterocycles. The summed E-state index contributed by atoms with van der Waals surface area (Å²) in [5.74, 6) is 2.26. The summed E-state index contributed by atoms with van der Waals surface area (Å²) in [4.78, 5) is 13.0.